The van der Waals surface area contributed by atoms with Crippen LogP contribution in [-0.4, -0.2) is 34.2 Å². The summed E-state index contributed by atoms with van der Waals surface area (Å²) in [4.78, 5) is 5.23. The Balaban J connectivity index is 0.00000162. The fourth-order valence-corrected chi connectivity index (χ4v) is 1.86. The van der Waals surface area contributed by atoms with E-state index in [2.05, 4.69) is 14.7 Å². The molecule has 1 aliphatic rings. The third-order valence-corrected chi connectivity index (χ3v) is 2.62. The van der Waals surface area contributed by atoms with Crippen molar-refractivity contribution in [2.45, 2.75) is 31.6 Å². The lowest BCUT2D eigenvalue weighted by Gasteiger charge is -2.29. The second-order valence-corrected chi connectivity index (χ2v) is 4.15. The highest BCUT2D eigenvalue weighted by Crippen LogP contribution is 2.26. The van der Waals surface area contributed by atoms with Crippen molar-refractivity contribution in [3.05, 3.63) is 11.7 Å². The van der Waals surface area contributed by atoms with Gasteiger partial charge in [-0.05, 0) is 19.4 Å². The van der Waals surface area contributed by atoms with Gasteiger partial charge in [-0.2, -0.15) is 18.2 Å². The molecule has 0 aromatic carbocycles. The SMILES string of the molecule is Cl.Cl.NC1CCCN(Cc2nc(C(F)(F)F)no2)C1. The number of piperidine rings is 1. The highest BCUT2D eigenvalue weighted by atomic mass is 35.5. The lowest BCUT2D eigenvalue weighted by Crippen LogP contribution is -2.42. The summed E-state index contributed by atoms with van der Waals surface area (Å²) in [6.45, 7) is 1.65. The molecule has 19 heavy (non-hydrogen) atoms. The zero-order valence-corrected chi connectivity index (χ0v) is 11.5. The van der Waals surface area contributed by atoms with Gasteiger partial charge in [0.2, 0.25) is 5.89 Å². The summed E-state index contributed by atoms with van der Waals surface area (Å²) in [6, 6.07) is 0.0637. The van der Waals surface area contributed by atoms with Crippen molar-refractivity contribution >= 4 is 24.8 Å². The van der Waals surface area contributed by atoms with Crippen molar-refractivity contribution < 1.29 is 17.7 Å². The number of nitrogens with two attached hydrogens (primary N) is 1. The minimum absolute atomic E-state index is 0. The normalized spacial score (nSPS) is 20.5. The molecule has 2 N–H and O–H groups in total. The minimum Gasteiger partial charge on any atom is -0.338 e. The zero-order valence-electron chi connectivity index (χ0n) is 9.89. The van der Waals surface area contributed by atoms with Gasteiger partial charge in [0.05, 0.1) is 6.54 Å². The highest BCUT2D eigenvalue weighted by Gasteiger charge is 2.37. The smallest absolute Gasteiger partial charge is 0.338 e. The largest absolute Gasteiger partial charge is 0.455 e. The number of halogens is 5. The molecule has 1 unspecified atom stereocenters. The maximum atomic E-state index is 12.2. The van der Waals surface area contributed by atoms with E-state index in [4.69, 9.17) is 5.73 Å². The van der Waals surface area contributed by atoms with Crippen molar-refractivity contribution in [2.75, 3.05) is 13.1 Å². The Morgan fingerprint density at radius 2 is 2.05 bits per heavy atom. The number of aromatic nitrogens is 2. The molecule has 1 aromatic rings. The van der Waals surface area contributed by atoms with E-state index in [1.165, 1.54) is 0 Å². The van der Waals surface area contributed by atoms with Crippen molar-refractivity contribution in [3.63, 3.8) is 0 Å². The molecular formula is C9H15Cl2F3N4O. The Kier molecular flexibility index (Phi) is 7.06. The molecule has 1 fully saturated rings. The van der Waals surface area contributed by atoms with Gasteiger partial charge in [-0.25, -0.2) is 0 Å². The van der Waals surface area contributed by atoms with Crippen LogP contribution < -0.4 is 5.73 Å². The summed E-state index contributed by atoms with van der Waals surface area (Å²) < 4.78 is 41.2. The van der Waals surface area contributed by atoms with Crippen LogP contribution in [0.4, 0.5) is 13.2 Å². The van der Waals surface area contributed by atoms with Crippen LogP contribution in [0.2, 0.25) is 0 Å². The average molecular weight is 323 g/mol. The van der Waals surface area contributed by atoms with Crippen molar-refractivity contribution in [1.82, 2.24) is 15.0 Å². The van der Waals surface area contributed by atoms with Gasteiger partial charge in [0.1, 0.15) is 0 Å². The number of alkyl halides is 3. The van der Waals surface area contributed by atoms with Crippen molar-refractivity contribution in [1.29, 1.82) is 0 Å². The molecule has 112 valence electrons. The standard InChI is InChI=1S/C9H13F3N4O.2ClH/c10-9(11,12)8-14-7(17-15-8)5-16-3-1-2-6(13)4-16;;/h6H,1-5,13H2;2*1H. The number of nitrogens with zero attached hydrogens (tertiary/aromatic N) is 3. The van der Waals surface area contributed by atoms with Crippen LogP contribution >= 0.6 is 24.8 Å². The second kappa shape index (κ2) is 7.28. The summed E-state index contributed by atoms with van der Waals surface area (Å²) in [7, 11) is 0. The molecule has 0 bridgehead atoms. The third-order valence-electron chi connectivity index (χ3n) is 2.62. The first-order valence-electron chi connectivity index (χ1n) is 5.33. The van der Waals surface area contributed by atoms with Gasteiger partial charge in [-0.1, -0.05) is 5.16 Å². The third kappa shape index (κ3) is 5.13. The number of hydrogen-bond donors (Lipinski definition) is 1. The fraction of sp³-hybridized carbons (Fsp3) is 0.778. The molecule has 0 aliphatic carbocycles. The molecule has 1 aliphatic heterocycles. The lowest BCUT2D eigenvalue weighted by molar-refractivity contribution is -0.146. The summed E-state index contributed by atoms with van der Waals surface area (Å²) in [6.07, 6.45) is -2.68. The van der Waals surface area contributed by atoms with Crippen molar-refractivity contribution in [2.24, 2.45) is 5.73 Å². The average Bonchev–Trinajstić information content (AvgIpc) is 2.65. The Bertz CT molecular complexity index is 388. The van der Waals surface area contributed by atoms with Gasteiger partial charge in [0.15, 0.2) is 0 Å². The van der Waals surface area contributed by atoms with E-state index in [1.807, 2.05) is 4.90 Å². The first-order valence-corrected chi connectivity index (χ1v) is 5.33. The van der Waals surface area contributed by atoms with Gasteiger partial charge in [-0.3, -0.25) is 4.90 Å². The maximum Gasteiger partial charge on any atom is 0.455 e. The summed E-state index contributed by atoms with van der Waals surface area (Å²) in [5, 5.41) is 2.90. The van der Waals surface area contributed by atoms with Gasteiger partial charge in [0.25, 0.3) is 5.82 Å². The van der Waals surface area contributed by atoms with Crippen LogP contribution in [-0.2, 0) is 12.7 Å². The molecule has 2 rings (SSSR count). The van der Waals surface area contributed by atoms with Crippen LogP contribution in [0.1, 0.15) is 24.6 Å². The second-order valence-electron chi connectivity index (χ2n) is 4.15. The van der Waals surface area contributed by atoms with E-state index in [0.29, 0.717) is 6.54 Å². The first-order chi connectivity index (χ1) is 7.95. The predicted octanol–water partition coefficient (Wildman–Crippen LogP) is 1.86. The molecule has 0 spiro atoms. The van der Waals surface area contributed by atoms with Crippen LogP contribution in [0.15, 0.2) is 4.52 Å². The number of hydrogen-bond acceptors (Lipinski definition) is 5. The Labute approximate surface area is 120 Å². The summed E-state index contributed by atoms with van der Waals surface area (Å²) in [5.41, 5.74) is 5.76. The van der Waals surface area contributed by atoms with Crippen LogP contribution in [0.5, 0.6) is 0 Å². The molecule has 0 saturated carbocycles. The van der Waals surface area contributed by atoms with E-state index in [9.17, 15) is 13.2 Å². The van der Waals surface area contributed by atoms with Gasteiger partial charge in [0, 0.05) is 12.6 Å². The Morgan fingerprint density at radius 1 is 1.37 bits per heavy atom. The van der Waals surface area contributed by atoms with E-state index in [1.54, 1.807) is 0 Å². The number of likely N-dealkylation sites (tertiary alicyclic amines) is 1. The van der Waals surface area contributed by atoms with Gasteiger partial charge < -0.3 is 10.3 Å². The van der Waals surface area contributed by atoms with Crippen LogP contribution in [0.3, 0.4) is 0 Å². The number of rotatable bonds is 2. The van der Waals surface area contributed by atoms with Gasteiger partial charge >= 0.3 is 6.18 Å². The summed E-state index contributed by atoms with van der Waals surface area (Å²) in [5.74, 6) is -1.25. The summed E-state index contributed by atoms with van der Waals surface area (Å²) >= 11 is 0. The van der Waals surface area contributed by atoms with E-state index in [0.717, 1.165) is 19.4 Å². The molecular weight excluding hydrogens is 308 g/mol. The fourth-order valence-electron chi connectivity index (χ4n) is 1.86. The monoisotopic (exact) mass is 322 g/mol. The topological polar surface area (TPSA) is 68.2 Å². The first kappa shape index (κ1) is 18.4. The van der Waals surface area contributed by atoms with E-state index < -0.39 is 12.0 Å². The highest BCUT2D eigenvalue weighted by molar-refractivity contribution is 5.85. The molecule has 1 atom stereocenters. The van der Waals surface area contributed by atoms with E-state index in [-0.39, 0.29) is 43.3 Å². The molecule has 1 saturated heterocycles. The quantitative estimate of drug-likeness (QED) is 0.900. The van der Waals surface area contributed by atoms with Crippen LogP contribution in [0, 0.1) is 0 Å². The minimum atomic E-state index is -4.56. The Hall–Kier alpha value is -0.570. The van der Waals surface area contributed by atoms with Gasteiger partial charge in [-0.15, -0.1) is 24.8 Å². The Morgan fingerprint density at radius 3 is 2.58 bits per heavy atom. The molecule has 0 radical (unpaired) electrons. The lowest BCUT2D eigenvalue weighted by atomic mass is 10.1. The zero-order chi connectivity index (χ0) is 12.5. The molecule has 0 amide bonds. The molecule has 5 nitrogen and oxygen atoms in total. The van der Waals surface area contributed by atoms with E-state index >= 15 is 0 Å². The van der Waals surface area contributed by atoms with Crippen molar-refractivity contribution in [3.8, 4) is 0 Å². The maximum absolute atomic E-state index is 12.2. The van der Waals surface area contributed by atoms with Crippen LogP contribution in [0.25, 0.3) is 0 Å². The predicted molar refractivity (Wildman–Crippen MR) is 66.3 cm³/mol. The molecule has 2 heterocycles. The molecule has 10 heteroatoms. The molecule has 1 aromatic heterocycles.